The molecule has 2 aliphatic heterocycles. The van der Waals surface area contributed by atoms with Gasteiger partial charge in [-0.25, -0.2) is 9.59 Å². The molecule has 2 aliphatic carbocycles. The first-order chi connectivity index (χ1) is 20.6. The Morgan fingerprint density at radius 1 is 0.795 bits per heavy atom. The number of rotatable bonds is 4. The average molecular weight is 603 g/mol. The summed E-state index contributed by atoms with van der Waals surface area (Å²) >= 11 is 0. The largest absolute Gasteiger partial charge is 0.444 e. The van der Waals surface area contributed by atoms with E-state index < -0.39 is 35.5 Å². The number of fused-ring (bicyclic) bond motifs is 6. The average Bonchev–Trinajstić information content (AvgIpc) is 3.85. The lowest BCUT2D eigenvalue weighted by molar-refractivity contribution is -0.121. The molecule has 2 aromatic rings. The smallest absolute Gasteiger partial charge is 0.408 e. The molecule has 10 heteroatoms. The Balaban J connectivity index is 1.33. The van der Waals surface area contributed by atoms with Gasteiger partial charge in [-0.3, -0.25) is 9.59 Å². The van der Waals surface area contributed by atoms with Crippen molar-refractivity contribution in [2.75, 3.05) is 23.4 Å². The fraction of sp³-hybridized carbons (Fsp3) is 0.529. The van der Waals surface area contributed by atoms with E-state index in [1.54, 1.807) is 58.4 Å². The standard InChI is InChI=1S/C34H42N4O6/c1-33(2,3)43-31(41)35-27-21-16-20(21)18-12-8-11-15-24(18)38(30(27)40)17-22-25-19-13-9-10-14-23(19)37(7)29(39)28(26(22)25)36-32(42)44-34(4,5)6/h8-15,20-22,25-28H,16-17H2,1-7H3,(H,35,41)(H,36,42). The minimum Gasteiger partial charge on any atom is -0.444 e. The number of nitrogens with zero attached hydrogens (tertiary/aromatic N) is 2. The summed E-state index contributed by atoms with van der Waals surface area (Å²) in [5.41, 5.74) is 2.28. The highest BCUT2D eigenvalue weighted by Gasteiger charge is 2.62. The zero-order valence-corrected chi connectivity index (χ0v) is 26.4. The van der Waals surface area contributed by atoms with Crippen molar-refractivity contribution in [3.8, 4) is 0 Å². The predicted molar refractivity (Wildman–Crippen MR) is 166 cm³/mol. The lowest BCUT2D eigenvalue weighted by atomic mass is 10.0. The van der Waals surface area contributed by atoms with Gasteiger partial charge in [0.15, 0.2) is 0 Å². The van der Waals surface area contributed by atoms with Crippen molar-refractivity contribution >= 4 is 35.4 Å². The summed E-state index contributed by atoms with van der Waals surface area (Å²) in [6.45, 7) is 11.0. The molecule has 2 aromatic carbocycles. The van der Waals surface area contributed by atoms with Gasteiger partial charge in [0.2, 0.25) is 11.8 Å². The number of hydrogen-bond acceptors (Lipinski definition) is 6. The maximum absolute atomic E-state index is 14.4. The first kappa shape index (κ1) is 30.0. The maximum atomic E-state index is 14.4. The highest BCUT2D eigenvalue weighted by atomic mass is 16.6. The van der Waals surface area contributed by atoms with Crippen LogP contribution in [0.5, 0.6) is 0 Å². The second-order valence-corrected chi connectivity index (χ2v) is 14.5. The van der Waals surface area contributed by atoms with Crippen molar-refractivity contribution in [1.82, 2.24) is 10.6 Å². The number of alkyl carbamates (subject to hydrolysis) is 2. The second kappa shape index (κ2) is 10.5. The molecule has 10 nitrogen and oxygen atoms in total. The van der Waals surface area contributed by atoms with Crippen LogP contribution in [0.4, 0.5) is 21.0 Å². The first-order valence-corrected chi connectivity index (χ1v) is 15.4. The summed E-state index contributed by atoms with van der Waals surface area (Å²) in [5.74, 6) is -0.742. The summed E-state index contributed by atoms with van der Waals surface area (Å²) < 4.78 is 11.1. The van der Waals surface area contributed by atoms with Gasteiger partial charge in [0, 0.05) is 30.9 Å². The van der Waals surface area contributed by atoms with Gasteiger partial charge in [0.25, 0.3) is 0 Å². The molecule has 7 atom stereocenters. The molecule has 2 heterocycles. The third kappa shape index (κ3) is 5.62. The van der Waals surface area contributed by atoms with E-state index in [1.807, 2.05) is 42.5 Å². The molecule has 4 aliphatic rings. The van der Waals surface area contributed by atoms with Gasteiger partial charge in [-0.05, 0) is 94.9 Å². The number of hydrogen-bond donors (Lipinski definition) is 2. The zero-order chi connectivity index (χ0) is 31.7. The third-order valence-corrected chi connectivity index (χ3v) is 9.03. The van der Waals surface area contributed by atoms with E-state index in [0.717, 1.165) is 28.9 Å². The molecule has 0 saturated heterocycles. The molecule has 0 radical (unpaired) electrons. The van der Waals surface area contributed by atoms with Crippen LogP contribution in [0.3, 0.4) is 0 Å². The van der Waals surface area contributed by atoms with E-state index in [1.165, 1.54) is 0 Å². The van der Waals surface area contributed by atoms with Crippen molar-refractivity contribution in [3.05, 3.63) is 59.7 Å². The van der Waals surface area contributed by atoms with E-state index >= 15 is 0 Å². The molecule has 44 heavy (non-hydrogen) atoms. The second-order valence-electron chi connectivity index (χ2n) is 14.5. The van der Waals surface area contributed by atoms with Gasteiger partial charge in [0.05, 0.1) is 0 Å². The van der Waals surface area contributed by atoms with Crippen LogP contribution >= 0.6 is 0 Å². The highest BCUT2D eigenvalue weighted by Crippen LogP contribution is 2.61. The van der Waals surface area contributed by atoms with Crippen molar-refractivity contribution in [2.24, 2.45) is 17.8 Å². The van der Waals surface area contributed by atoms with Gasteiger partial charge < -0.3 is 29.9 Å². The Morgan fingerprint density at radius 2 is 1.34 bits per heavy atom. The fourth-order valence-electron chi connectivity index (χ4n) is 7.15. The van der Waals surface area contributed by atoms with Gasteiger partial charge in [-0.1, -0.05) is 36.4 Å². The predicted octanol–water partition coefficient (Wildman–Crippen LogP) is 4.93. The molecule has 4 amide bonds. The molecule has 2 N–H and O–H groups in total. The van der Waals surface area contributed by atoms with Crippen molar-refractivity contribution in [1.29, 1.82) is 0 Å². The van der Waals surface area contributed by atoms with E-state index in [0.29, 0.717) is 6.54 Å². The Bertz CT molecular complexity index is 1510. The van der Waals surface area contributed by atoms with Crippen LogP contribution in [0.15, 0.2) is 48.5 Å². The Morgan fingerprint density at radius 3 is 1.95 bits per heavy atom. The number of likely N-dealkylation sites (N-methyl/N-ethyl adjacent to an activating group) is 1. The summed E-state index contributed by atoms with van der Waals surface area (Å²) in [6, 6.07) is 14.1. The Kier molecular flexibility index (Phi) is 7.17. The van der Waals surface area contributed by atoms with Crippen molar-refractivity contribution < 1.29 is 28.7 Å². The molecule has 0 spiro atoms. The molecule has 2 fully saturated rings. The van der Waals surface area contributed by atoms with E-state index in [9.17, 15) is 19.2 Å². The van der Waals surface area contributed by atoms with Crippen molar-refractivity contribution in [3.63, 3.8) is 0 Å². The fourth-order valence-corrected chi connectivity index (χ4v) is 7.15. The summed E-state index contributed by atoms with van der Waals surface area (Å²) in [4.78, 5) is 57.4. The molecule has 0 aromatic heterocycles. The number of para-hydroxylation sites is 2. The molecule has 2 saturated carbocycles. The van der Waals surface area contributed by atoms with E-state index in [-0.39, 0.29) is 41.4 Å². The minimum absolute atomic E-state index is 0.0246. The lowest BCUT2D eigenvalue weighted by Gasteiger charge is -2.30. The number of anilines is 2. The number of nitrogens with one attached hydrogen (secondary N) is 2. The molecule has 6 rings (SSSR count). The monoisotopic (exact) mass is 602 g/mol. The summed E-state index contributed by atoms with van der Waals surface area (Å²) in [6.07, 6.45) is -0.465. The van der Waals surface area contributed by atoms with Gasteiger partial charge in [0.1, 0.15) is 23.3 Å². The minimum atomic E-state index is -0.835. The summed E-state index contributed by atoms with van der Waals surface area (Å²) in [7, 11) is 1.72. The molecule has 0 bridgehead atoms. The van der Waals surface area contributed by atoms with Crippen LogP contribution < -0.4 is 20.4 Å². The third-order valence-electron chi connectivity index (χ3n) is 9.03. The maximum Gasteiger partial charge on any atom is 0.408 e. The molecule has 234 valence electrons. The molecule has 7 unspecified atom stereocenters. The number of benzene rings is 2. The SMILES string of the molecule is CN1C(=O)C(NC(=O)OC(C)(C)C)C2C(CN3C(=O)C(NC(=O)OC(C)(C)C)C4CC4c4ccccc43)C2c2ccccc21. The van der Waals surface area contributed by atoms with Crippen LogP contribution in [0.25, 0.3) is 0 Å². The quantitative estimate of drug-likeness (QED) is 0.513. The van der Waals surface area contributed by atoms with Crippen molar-refractivity contribution in [2.45, 2.75) is 83.1 Å². The van der Waals surface area contributed by atoms with Crippen LogP contribution in [0.2, 0.25) is 0 Å². The Labute approximate surface area is 258 Å². The van der Waals surface area contributed by atoms with Crippen LogP contribution in [-0.4, -0.2) is 60.9 Å². The van der Waals surface area contributed by atoms with Gasteiger partial charge >= 0.3 is 12.2 Å². The van der Waals surface area contributed by atoms with E-state index in [2.05, 4.69) is 16.7 Å². The van der Waals surface area contributed by atoms with E-state index in [4.69, 9.17) is 9.47 Å². The number of carbonyl (C=O) groups is 4. The lowest BCUT2D eigenvalue weighted by Crippen LogP contribution is -2.52. The number of carbonyl (C=O) groups excluding carboxylic acids is 4. The number of ether oxygens (including phenoxy) is 2. The normalized spacial score (nSPS) is 28.8. The first-order valence-electron chi connectivity index (χ1n) is 15.4. The highest BCUT2D eigenvalue weighted by molar-refractivity contribution is 6.03. The summed E-state index contributed by atoms with van der Waals surface area (Å²) in [5, 5.41) is 5.76. The molecular weight excluding hydrogens is 560 g/mol. The molecular formula is C34H42N4O6. The zero-order valence-electron chi connectivity index (χ0n) is 26.4. The van der Waals surface area contributed by atoms with Crippen LogP contribution in [-0.2, 0) is 19.1 Å². The van der Waals surface area contributed by atoms with Gasteiger partial charge in [-0.15, -0.1) is 0 Å². The van der Waals surface area contributed by atoms with Crippen LogP contribution in [0.1, 0.15) is 70.9 Å². The van der Waals surface area contributed by atoms with Crippen LogP contribution in [0, 0.1) is 17.8 Å². The topological polar surface area (TPSA) is 117 Å². The number of amides is 4. The Hall–Kier alpha value is -4.08. The van der Waals surface area contributed by atoms with Gasteiger partial charge in [-0.2, -0.15) is 0 Å².